The lowest BCUT2D eigenvalue weighted by Crippen LogP contribution is -3.18. The number of nitrogens with zero attached hydrogens (tertiary/aromatic N) is 3. The van der Waals surface area contributed by atoms with Gasteiger partial charge < -0.3 is 20.4 Å². The lowest BCUT2D eigenvalue weighted by molar-refractivity contribution is -0.928. The summed E-state index contributed by atoms with van der Waals surface area (Å²) in [5.41, 5.74) is 0. The minimum atomic E-state index is -0.0228. The van der Waals surface area contributed by atoms with Crippen LogP contribution in [0.25, 0.3) is 0 Å². The Kier molecular flexibility index (Phi) is 7.52. The van der Waals surface area contributed by atoms with E-state index < -0.39 is 0 Å². The van der Waals surface area contributed by atoms with Gasteiger partial charge in [-0.15, -0.1) is 0 Å². The molecule has 5 atom stereocenters. The van der Waals surface area contributed by atoms with E-state index in [1.165, 1.54) is 30.7 Å². The summed E-state index contributed by atoms with van der Waals surface area (Å²) in [6.07, 6.45) is 7.10. The SMILES string of the molecule is CC(C)N1CCC2C1C(=O)NCC(CCC(=O)N1CCN(C3CCCC[NH2+]3)CC1)[NH+]2C. The number of nitrogens with one attached hydrogen (secondary N) is 2. The standard InChI is InChI=1S/C23H42N6O2/c1-17(2)29-11-9-19-22(29)23(31)25-16-18(26(19)3)7-8-21(30)28-14-12-27(13-15-28)20-6-4-5-10-24-20/h17-20,22,24H,4-16H2,1-3H3,(H,25,31)/p+2. The third-order valence-electron chi connectivity index (χ3n) is 8.36. The molecular formula is C23H44N6O2+2. The van der Waals surface area contributed by atoms with Gasteiger partial charge in [-0.1, -0.05) is 0 Å². The normalized spacial score (nSPS) is 35.7. The highest BCUT2D eigenvalue weighted by atomic mass is 16.2. The van der Waals surface area contributed by atoms with Gasteiger partial charge in [0.05, 0.1) is 20.1 Å². The number of hydrogen-bond acceptors (Lipinski definition) is 4. The summed E-state index contributed by atoms with van der Waals surface area (Å²) in [6.45, 7) is 11.0. The third-order valence-corrected chi connectivity index (χ3v) is 8.36. The lowest BCUT2D eigenvalue weighted by Gasteiger charge is -2.39. The largest absolute Gasteiger partial charge is 0.349 e. The molecule has 0 spiro atoms. The van der Waals surface area contributed by atoms with Gasteiger partial charge in [0.1, 0.15) is 24.3 Å². The Balaban J connectivity index is 1.26. The number of likely N-dealkylation sites (tertiary alicyclic amines) is 1. The third kappa shape index (κ3) is 5.07. The molecule has 4 heterocycles. The molecule has 4 aliphatic heterocycles. The van der Waals surface area contributed by atoms with Gasteiger partial charge in [0, 0.05) is 64.4 Å². The molecule has 2 amide bonds. The molecule has 0 aromatic heterocycles. The van der Waals surface area contributed by atoms with Crippen molar-refractivity contribution in [3.05, 3.63) is 0 Å². The summed E-state index contributed by atoms with van der Waals surface area (Å²) in [6, 6.07) is 1.01. The average Bonchev–Trinajstić information content (AvgIpc) is 3.20. The summed E-state index contributed by atoms with van der Waals surface area (Å²) in [4.78, 5) is 34.2. The van der Waals surface area contributed by atoms with E-state index in [1.807, 2.05) is 0 Å². The molecule has 0 aromatic rings. The summed E-state index contributed by atoms with van der Waals surface area (Å²) >= 11 is 0. The Morgan fingerprint density at radius 2 is 1.94 bits per heavy atom. The first-order chi connectivity index (χ1) is 15.0. The second kappa shape index (κ2) is 10.1. The van der Waals surface area contributed by atoms with Crippen LogP contribution in [-0.4, -0.2) is 110 Å². The monoisotopic (exact) mass is 436 g/mol. The zero-order valence-electron chi connectivity index (χ0n) is 19.8. The summed E-state index contributed by atoms with van der Waals surface area (Å²) in [5.74, 6) is 0.474. The fraction of sp³-hybridized carbons (Fsp3) is 0.913. The van der Waals surface area contributed by atoms with Crippen molar-refractivity contribution in [1.29, 1.82) is 0 Å². The highest BCUT2D eigenvalue weighted by Gasteiger charge is 2.48. The molecule has 4 fully saturated rings. The van der Waals surface area contributed by atoms with Crippen LogP contribution in [0, 0.1) is 0 Å². The Morgan fingerprint density at radius 3 is 2.61 bits per heavy atom. The van der Waals surface area contributed by atoms with Crippen LogP contribution in [0.1, 0.15) is 52.4 Å². The van der Waals surface area contributed by atoms with Gasteiger partial charge >= 0.3 is 0 Å². The number of piperazine rings is 1. The van der Waals surface area contributed by atoms with Gasteiger partial charge in [-0.2, -0.15) is 0 Å². The van der Waals surface area contributed by atoms with E-state index in [0.717, 1.165) is 45.6 Å². The number of carbonyl (C=O) groups is 2. The van der Waals surface area contributed by atoms with Crippen molar-refractivity contribution in [2.24, 2.45) is 0 Å². The molecule has 0 radical (unpaired) electrons. The summed E-state index contributed by atoms with van der Waals surface area (Å²) in [5, 5.41) is 5.67. The zero-order chi connectivity index (χ0) is 22.0. The van der Waals surface area contributed by atoms with Crippen LogP contribution in [0.4, 0.5) is 0 Å². The minimum Gasteiger partial charge on any atom is -0.349 e. The minimum absolute atomic E-state index is 0.0228. The van der Waals surface area contributed by atoms with Crippen molar-refractivity contribution in [3.63, 3.8) is 0 Å². The van der Waals surface area contributed by atoms with Crippen molar-refractivity contribution in [2.45, 2.75) is 82.7 Å². The predicted octanol–water partition coefficient (Wildman–Crippen LogP) is -2.15. The molecule has 4 saturated heterocycles. The molecule has 8 nitrogen and oxygen atoms in total. The highest BCUT2D eigenvalue weighted by Crippen LogP contribution is 2.21. The van der Waals surface area contributed by atoms with E-state index in [1.54, 1.807) is 0 Å². The van der Waals surface area contributed by atoms with E-state index in [4.69, 9.17) is 0 Å². The molecule has 0 bridgehead atoms. The summed E-state index contributed by atoms with van der Waals surface area (Å²) in [7, 11) is 2.23. The second-order valence-corrected chi connectivity index (χ2v) is 10.4. The Hall–Kier alpha value is -1.22. The van der Waals surface area contributed by atoms with Crippen LogP contribution in [0.2, 0.25) is 0 Å². The molecule has 4 rings (SSSR count). The number of fused-ring (bicyclic) bond motifs is 1. The number of hydrogen-bond donors (Lipinski definition) is 3. The number of likely N-dealkylation sites (N-methyl/N-ethyl adjacent to an activating group) is 1. The number of quaternary nitrogens is 2. The van der Waals surface area contributed by atoms with Gasteiger partial charge in [0.15, 0.2) is 0 Å². The Labute approximate surface area is 187 Å². The predicted molar refractivity (Wildman–Crippen MR) is 120 cm³/mol. The molecular weight excluding hydrogens is 392 g/mol. The molecule has 0 saturated carbocycles. The van der Waals surface area contributed by atoms with Crippen LogP contribution in [-0.2, 0) is 9.59 Å². The highest BCUT2D eigenvalue weighted by molar-refractivity contribution is 5.83. The molecule has 8 heteroatoms. The van der Waals surface area contributed by atoms with Crippen LogP contribution in [0.3, 0.4) is 0 Å². The zero-order valence-corrected chi connectivity index (χ0v) is 19.8. The van der Waals surface area contributed by atoms with Crippen molar-refractivity contribution < 1.29 is 19.8 Å². The number of nitrogens with two attached hydrogens (primary N) is 1. The van der Waals surface area contributed by atoms with Gasteiger partial charge in [-0.3, -0.25) is 19.4 Å². The topological polar surface area (TPSA) is 76.9 Å². The Morgan fingerprint density at radius 1 is 1.16 bits per heavy atom. The number of amides is 2. The van der Waals surface area contributed by atoms with E-state index in [0.29, 0.717) is 43.2 Å². The van der Waals surface area contributed by atoms with Crippen LogP contribution >= 0.6 is 0 Å². The number of carbonyl (C=O) groups excluding carboxylic acids is 2. The maximum Gasteiger partial charge on any atom is 0.243 e. The number of rotatable bonds is 5. The second-order valence-electron chi connectivity index (χ2n) is 10.4. The summed E-state index contributed by atoms with van der Waals surface area (Å²) < 4.78 is 0. The molecule has 176 valence electrons. The lowest BCUT2D eigenvalue weighted by atomic mass is 10.0. The first kappa shape index (κ1) is 23.0. The van der Waals surface area contributed by atoms with Crippen LogP contribution in [0.5, 0.6) is 0 Å². The van der Waals surface area contributed by atoms with E-state index in [-0.39, 0.29) is 11.9 Å². The van der Waals surface area contributed by atoms with E-state index >= 15 is 0 Å². The molecule has 0 aliphatic carbocycles. The molecule has 5 unspecified atom stereocenters. The van der Waals surface area contributed by atoms with Crippen molar-refractivity contribution >= 4 is 11.8 Å². The van der Waals surface area contributed by atoms with Gasteiger partial charge in [0.2, 0.25) is 11.8 Å². The molecule has 0 aromatic carbocycles. The first-order valence-corrected chi connectivity index (χ1v) is 12.7. The fourth-order valence-corrected chi connectivity index (χ4v) is 6.34. The molecule has 4 aliphatic rings. The van der Waals surface area contributed by atoms with Crippen LogP contribution in [0.15, 0.2) is 0 Å². The smallest absolute Gasteiger partial charge is 0.243 e. The molecule has 31 heavy (non-hydrogen) atoms. The first-order valence-electron chi connectivity index (χ1n) is 12.7. The maximum atomic E-state index is 12.9. The fourth-order valence-electron chi connectivity index (χ4n) is 6.34. The van der Waals surface area contributed by atoms with E-state index in [9.17, 15) is 9.59 Å². The molecule has 4 N–H and O–H groups in total. The van der Waals surface area contributed by atoms with Crippen molar-refractivity contribution in [2.75, 3.05) is 52.9 Å². The Bertz CT molecular complexity index is 630. The van der Waals surface area contributed by atoms with Gasteiger partial charge in [-0.05, 0) is 26.7 Å². The maximum absolute atomic E-state index is 12.9. The quantitative estimate of drug-likeness (QED) is 0.459. The number of piperidine rings is 1. The van der Waals surface area contributed by atoms with Crippen molar-refractivity contribution in [1.82, 2.24) is 20.0 Å². The average molecular weight is 437 g/mol. The van der Waals surface area contributed by atoms with Crippen LogP contribution < -0.4 is 15.5 Å². The van der Waals surface area contributed by atoms with Gasteiger partial charge in [-0.25, -0.2) is 0 Å². The van der Waals surface area contributed by atoms with Crippen molar-refractivity contribution in [3.8, 4) is 0 Å². The van der Waals surface area contributed by atoms with Gasteiger partial charge in [0.25, 0.3) is 0 Å². The van der Waals surface area contributed by atoms with E-state index in [2.05, 4.69) is 46.2 Å².